The number of amides is 1. The Morgan fingerprint density at radius 3 is 2.94 bits per heavy atom. The van der Waals surface area contributed by atoms with Crippen LogP contribution in [0.3, 0.4) is 0 Å². The molecule has 18 heavy (non-hydrogen) atoms. The molecule has 0 radical (unpaired) electrons. The molecule has 4 nitrogen and oxygen atoms in total. The summed E-state index contributed by atoms with van der Waals surface area (Å²) in [4.78, 5) is 15.4. The van der Waals surface area contributed by atoms with Gasteiger partial charge in [-0.15, -0.1) is 0 Å². The molecule has 0 atom stereocenters. The van der Waals surface area contributed by atoms with Gasteiger partial charge in [-0.3, -0.25) is 9.78 Å². The summed E-state index contributed by atoms with van der Waals surface area (Å²) in [5.74, 6) is -0.715. The van der Waals surface area contributed by atoms with E-state index in [0.29, 0.717) is 11.1 Å². The van der Waals surface area contributed by atoms with E-state index in [2.05, 4.69) is 15.5 Å². The highest BCUT2D eigenvalue weighted by atomic mass is 19.1. The monoisotopic (exact) mass is 243 g/mol. The van der Waals surface area contributed by atoms with Crippen LogP contribution < -0.4 is 5.43 Å². The second-order valence-corrected chi connectivity index (χ2v) is 3.50. The van der Waals surface area contributed by atoms with Gasteiger partial charge in [-0.2, -0.15) is 5.10 Å². The normalized spacial score (nSPS) is 10.5. The molecule has 0 saturated heterocycles. The molecule has 0 aliphatic heterocycles. The van der Waals surface area contributed by atoms with E-state index in [1.165, 1.54) is 24.5 Å². The second kappa shape index (κ2) is 5.67. The number of nitrogens with zero attached hydrogens (tertiary/aromatic N) is 2. The maximum absolute atomic E-state index is 12.9. The fraction of sp³-hybridized carbons (Fsp3) is 0. The topological polar surface area (TPSA) is 54.4 Å². The van der Waals surface area contributed by atoms with Gasteiger partial charge < -0.3 is 0 Å². The third-order valence-electron chi connectivity index (χ3n) is 2.15. The molecule has 0 aliphatic rings. The van der Waals surface area contributed by atoms with Crippen LogP contribution in [-0.4, -0.2) is 17.1 Å². The lowest BCUT2D eigenvalue weighted by molar-refractivity contribution is 0.0955. The highest BCUT2D eigenvalue weighted by molar-refractivity contribution is 5.94. The van der Waals surface area contributed by atoms with Gasteiger partial charge in [-0.25, -0.2) is 9.82 Å². The number of hydrogen-bond donors (Lipinski definition) is 1. The molecule has 1 amide bonds. The van der Waals surface area contributed by atoms with Crippen LogP contribution in [0.1, 0.15) is 15.9 Å². The van der Waals surface area contributed by atoms with Crippen molar-refractivity contribution in [1.82, 2.24) is 10.4 Å². The Bertz CT molecular complexity index is 569. The highest BCUT2D eigenvalue weighted by Crippen LogP contribution is 2.00. The Balaban J connectivity index is 1.98. The lowest BCUT2D eigenvalue weighted by Gasteiger charge is -1.98. The van der Waals surface area contributed by atoms with Crippen molar-refractivity contribution >= 4 is 12.1 Å². The summed E-state index contributed by atoms with van der Waals surface area (Å²) in [5, 5.41) is 3.74. The molecule has 1 heterocycles. The molecule has 0 saturated carbocycles. The number of aromatic nitrogens is 1. The maximum atomic E-state index is 12.9. The zero-order valence-electron chi connectivity index (χ0n) is 9.38. The third kappa shape index (κ3) is 3.21. The van der Waals surface area contributed by atoms with E-state index >= 15 is 0 Å². The number of carbonyl (C=O) groups is 1. The first kappa shape index (κ1) is 11.9. The summed E-state index contributed by atoms with van der Waals surface area (Å²) >= 11 is 0. The minimum absolute atomic E-state index is 0.350. The number of carbonyl (C=O) groups excluding carboxylic acids is 1. The molecule has 0 unspecified atom stereocenters. The van der Waals surface area contributed by atoms with E-state index in [1.807, 2.05) is 0 Å². The quantitative estimate of drug-likeness (QED) is 0.662. The summed E-state index contributed by atoms with van der Waals surface area (Å²) in [6.07, 6.45) is 4.39. The van der Waals surface area contributed by atoms with Gasteiger partial charge in [-0.05, 0) is 29.8 Å². The number of benzene rings is 1. The first-order valence-corrected chi connectivity index (χ1v) is 5.25. The van der Waals surface area contributed by atoms with Crippen LogP contribution >= 0.6 is 0 Å². The number of nitrogens with one attached hydrogen (secondary N) is 1. The van der Waals surface area contributed by atoms with Crippen molar-refractivity contribution in [1.29, 1.82) is 0 Å². The summed E-state index contributed by atoms with van der Waals surface area (Å²) in [6, 6.07) is 9.19. The maximum Gasteiger partial charge on any atom is 0.272 e. The number of hydrazone groups is 1. The molecule has 0 aliphatic carbocycles. The summed E-state index contributed by atoms with van der Waals surface area (Å²) < 4.78 is 12.9. The summed E-state index contributed by atoms with van der Waals surface area (Å²) in [6.45, 7) is 0. The molecule has 1 aromatic heterocycles. The zero-order chi connectivity index (χ0) is 12.8. The first-order chi connectivity index (χ1) is 8.75. The number of halogens is 1. The van der Waals surface area contributed by atoms with E-state index in [4.69, 9.17) is 0 Å². The minimum atomic E-state index is -0.365. The van der Waals surface area contributed by atoms with E-state index < -0.39 is 0 Å². The van der Waals surface area contributed by atoms with E-state index in [9.17, 15) is 9.18 Å². The fourth-order valence-corrected chi connectivity index (χ4v) is 1.31. The number of hydrogen-bond acceptors (Lipinski definition) is 3. The minimum Gasteiger partial charge on any atom is -0.267 e. The van der Waals surface area contributed by atoms with Gasteiger partial charge >= 0.3 is 0 Å². The molecule has 0 spiro atoms. The number of pyridine rings is 1. The van der Waals surface area contributed by atoms with Crippen molar-refractivity contribution in [2.45, 2.75) is 0 Å². The van der Waals surface area contributed by atoms with Crippen molar-refractivity contribution in [2.75, 3.05) is 0 Å². The third-order valence-corrected chi connectivity index (χ3v) is 2.15. The Labute approximate surface area is 103 Å². The molecule has 1 N–H and O–H groups in total. The lowest BCUT2D eigenvalue weighted by Crippen LogP contribution is -2.17. The van der Waals surface area contributed by atoms with Gasteiger partial charge in [0.15, 0.2) is 0 Å². The second-order valence-electron chi connectivity index (χ2n) is 3.50. The smallest absolute Gasteiger partial charge is 0.267 e. The van der Waals surface area contributed by atoms with Crippen LogP contribution in [0.15, 0.2) is 53.9 Å². The highest BCUT2D eigenvalue weighted by Gasteiger charge is 2.02. The molecule has 2 aromatic rings. The van der Waals surface area contributed by atoms with Gasteiger partial charge in [0.1, 0.15) is 5.82 Å². The average Bonchev–Trinajstić information content (AvgIpc) is 2.40. The Kier molecular flexibility index (Phi) is 3.76. The van der Waals surface area contributed by atoms with Crippen molar-refractivity contribution < 1.29 is 9.18 Å². The van der Waals surface area contributed by atoms with Crippen molar-refractivity contribution in [3.05, 3.63) is 65.7 Å². The SMILES string of the molecule is O=C(N/N=C\c1cccc(F)c1)c1cccnc1. The standard InChI is InChI=1S/C13H10FN3O/c14-12-5-1-3-10(7-12)8-16-17-13(18)11-4-2-6-15-9-11/h1-9H,(H,17,18)/b16-8-. The molecule has 2 rings (SSSR count). The Morgan fingerprint density at radius 1 is 1.33 bits per heavy atom. The van der Waals surface area contributed by atoms with Crippen molar-refractivity contribution in [2.24, 2.45) is 5.10 Å². The van der Waals surface area contributed by atoms with Gasteiger partial charge in [0.05, 0.1) is 11.8 Å². The molecule has 90 valence electrons. The molecule has 0 fully saturated rings. The largest absolute Gasteiger partial charge is 0.272 e. The van der Waals surface area contributed by atoms with Gasteiger partial charge in [0, 0.05) is 12.4 Å². The van der Waals surface area contributed by atoms with E-state index in [1.54, 1.807) is 30.5 Å². The van der Waals surface area contributed by atoms with Gasteiger partial charge in [-0.1, -0.05) is 12.1 Å². The van der Waals surface area contributed by atoms with E-state index in [0.717, 1.165) is 0 Å². The summed E-state index contributed by atoms with van der Waals surface area (Å²) in [5.41, 5.74) is 3.32. The Morgan fingerprint density at radius 2 is 2.22 bits per heavy atom. The zero-order valence-corrected chi connectivity index (χ0v) is 9.38. The van der Waals surface area contributed by atoms with Crippen LogP contribution in [-0.2, 0) is 0 Å². The fourth-order valence-electron chi connectivity index (χ4n) is 1.31. The molecular weight excluding hydrogens is 233 g/mol. The molecular formula is C13H10FN3O. The van der Waals surface area contributed by atoms with Crippen LogP contribution in [0.25, 0.3) is 0 Å². The molecule has 1 aromatic carbocycles. The number of rotatable bonds is 3. The first-order valence-electron chi connectivity index (χ1n) is 5.25. The molecule has 0 bridgehead atoms. The van der Waals surface area contributed by atoms with Crippen LogP contribution in [0.5, 0.6) is 0 Å². The average molecular weight is 243 g/mol. The lowest BCUT2D eigenvalue weighted by atomic mass is 10.2. The Hall–Kier alpha value is -2.56. The van der Waals surface area contributed by atoms with Crippen molar-refractivity contribution in [3.8, 4) is 0 Å². The van der Waals surface area contributed by atoms with Crippen molar-refractivity contribution in [3.63, 3.8) is 0 Å². The molecule has 5 heteroatoms. The summed E-state index contributed by atoms with van der Waals surface area (Å²) in [7, 11) is 0. The van der Waals surface area contributed by atoms with Crippen LogP contribution in [0.2, 0.25) is 0 Å². The van der Waals surface area contributed by atoms with E-state index in [-0.39, 0.29) is 11.7 Å². The van der Waals surface area contributed by atoms with Gasteiger partial charge in [0.25, 0.3) is 5.91 Å². The van der Waals surface area contributed by atoms with Crippen LogP contribution in [0, 0.1) is 5.82 Å². The van der Waals surface area contributed by atoms with Gasteiger partial charge in [0.2, 0.25) is 0 Å². The van der Waals surface area contributed by atoms with Crippen LogP contribution in [0.4, 0.5) is 4.39 Å². The predicted molar refractivity (Wildman–Crippen MR) is 65.7 cm³/mol. The predicted octanol–water partition coefficient (Wildman–Crippen LogP) is 1.98.